The highest BCUT2D eigenvalue weighted by Crippen LogP contribution is 2.27. The van der Waals surface area contributed by atoms with Gasteiger partial charge >= 0.3 is 5.97 Å². The van der Waals surface area contributed by atoms with Crippen LogP contribution < -0.4 is 10.9 Å². The van der Waals surface area contributed by atoms with E-state index in [0.29, 0.717) is 28.2 Å². The number of carbonyl (C=O) groups is 1. The summed E-state index contributed by atoms with van der Waals surface area (Å²) in [6, 6.07) is 18.8. The molecule has 2 N–H and O–H groups in total. The molecule has 0 saturated heterocycles. The van der Waals surface area contributed by atoms with Crippen molar-refractivity contribution >= 4 is 17.3 Å². The summed E-state index contributed by atoms with van der Waals surface area (Å²) in [5.41, 5.74) is 4.93. The van der Waals surface area contributed by atoms with Crippen molar-refractivity contribution in [3.05, 3.63) is 112 Å². The number of nitriles is 1. The Bertz CT molecular complexity index is 1750. The van der Waals surface area contributed by atoms with E-state index >= 15 is 0 Å². The Morgan fingerprint density at radius 1 is 1.11 bits per heavy atom. The number of aromatic nitrogens is 4. The Hall–Kier alpha value is -5.23. The molecule has 0 aliphatic rings. The lowest BCUT2D eigenvalue weighted by Gasteiger charge is -2.19. The molecule has 3 aromatic heterocycles. The fourth-order valence-electron chi connectivity index (χ4n) is 4.23. The first-order valence-corrected chi connectivity index (χ1v) is 11.5. The van der Waals surface area contributed by atoms with E-state index in [9.17, 15) is 14.7 Å². The van der Waals surface area contributed by atoms with Crippen molar-refractivity contribution in [3.8, 4) is 23.0 Å². The number of benzene rings is 2. The van der Waals surface area contributed by atoms with Gasteiger partial charge in [0.25, 0.3) is 5.56 Å². The molecule has 0 aliphatic heterocycles. The number of anilines is 1. The van der Waals surface area contributed by atoms with Crippen LogP contribution in [0.2, 0.25) is 0 Å². The topological polar surface area (TPSA) is 125 Å². The summed E-state index contributed by atoms with van der Waals surface area (Å²) in [4.78, 5) is 29.6. The highest BCUT2D eigenvalue weighted by molar-refractivity contribution is 5.94. The van der Waals surface area contributed by atoms with Crippen LogP contribution in [-0.2, 0) is 0 Å². The number of hydrogen-bond donors (Lipinski definition) is 2. The number of fused-ring (bicyclic) bond motifs is 1. The fraction of sp³-hybridized carbons (Fsp3) is 0.107. The lowest BCUT2D eigenvalue weighted by atomic mass is 10.1. The summed E-state index contributed by atoms with van der Waals surface area (Å²) in [5.74, 6) is -1.03. The third-order valence-electron chi connectivity index (χ3n) is 6.06. The number of aryl methyl sites for hydroxylation is 1. The monoisotopic (exact) mass is 490 g/mol. The molecule has 9 nitrogen and oxygen atoms in total. The number of carboxylic acid groups (broad SMARTS) is 1. The number of nitrogens with one attached hydrogen (secondary N) is 1. The molecule has 3 heterocycles. The molecule has 0 amide bonds. The molecule has 0 radical (unpaired) electrons. The first kappa shape index (κ1) is 23.5. The molecule has 5 aromatic rings. The molecule has 182 valence electrons. The minimum Gasteiger partial charge on any atom is -0.478 e. The maximum absolute atomic E-state index is 13.1. The lowest BCUT2D eigenvalue weighted by molar-refractivity contribution is 0.0698. The van der Waals surface area contributed by atoms with Crippen LogP contribution in [0, 0.1) is 18.3 Å². The van der Waals surface area contributed by atoms with Crippen molar-refractivity contribution in [2.45, 2.75) is 19.9 Å². The molecule has 0 aliphatic carbocycles. The molecule has 9 heteroatoms. The number of hydrogen-bond acceptors (Lipinski definition) is 6. The average Bonchev–Trinajstić information content (AvgIpc) is 3.39. The largest absolute Gasteiger partial charge is 0.478 e. The van der Waals surface area contributed by atoms with Crippen molar-refractivity contribution in [2.75, 3.05) is 5.32 Å². The van der Waals surface area contributed by atoms with Gasteiger partial charge in [0.1, 0.15) is 5.65 Å². The Balaban J connectivity index is 1.56. The van der Waals surface area contributed by atoms with Crippen LogP contribution in [-0.4, -0.2) is 30.2 Å². The fourth-order valence-corrected chi connectivity index (χ4v) is 4.23. The van der Waals surface area contributed by atoms with Crippen LogP contribution in [0.1, 0.15) is 40.0 Å². The Morgan fingerprint density at radius 3 is 2.59 bits per heavy atom. The summed E-state index contributed by atoms with van der Waals surface area (Å²) in [6.07, 6.45) is 5.14. The molecule has 37 heavy (non-hydrogen) atoms. The van der Waals surface area contributed by atoms with Gasteiger partial charge in [0.2, 0.25) is 0 Å². The van der Waals surface area contributed by atoms with Crippen molar-refractivity contribution in [3.63, 3.8) is 0 Å². The van der Waals surface area contributed by atoms with Gasteiger partial charge in [-0.2, -0.15) is 10.4 Å². The van der Waals surface area contributed by atoms with Crippen molar-refractivity contribution in [1.29, 1.82) is 5.26 Å². The van der Waals surface area contributed by atoms with E-state index in [-0.39, 0.29) is 17.2 Å². The van der Waals surface area contributed by atoms with Gasteiger partial charge in [-0.15, -0.1) is 0 Å². The summed E-state index contributed by atoms with van der Waals surface area (Å²) in [6.45, 7) is 3.79. The van der Waals surface area contributed by atoms with Gasteiger partial charge < -0.3 is 10.4 Å². The number of carboxylic acids is 1. The third-order valence-corrected chi connectivity index (χ3v) is 6.06. The van der Waals surface area contributed by atoms with E-state index in [1.807, 2.05) is 19.9 Å². The summed E-state index contributed by atoms with van der Waals surface area (Å²) < 4.78 is 3.16. The smallest absolute Gasteiger partial charge is 0.337 e. The van der Waals surface area contributed by atoms with E-state index in [0.717, 1.165) is 16.8 Å². The van der Waals surface area contributed by atoms with E-state index in [4.69, 9.17) is 10.2 Å². The molecular weight excluding hydrogens is 468 g/mol. The van der Waals surface area contributed by atoms with Crippen LogP contribution in [0.5, 0.6) is 0 Å². The Labute approximate surface area is 211 Å². The van der Waals surface area contributed by atoms with E-state index in [1.165, 1.54) is 16.5 Å². The van der Waals surface area contributed by atoms with Crippen LogP contribution >= 0.6 is 0 Å². The van der Waals surface area contributed by atoms with E-state index in [2.05, 4.69) is 16.5 Å². The molecule has 0 unspecified atom stereocenters. The summed E-state index contributed by atoms with van der Waals surface area (Å²) >= 11 is 0. The van der Waals surface area contributed by atoms with E-state index in [1.54, 1.807) is 65.7 Å². The minimum absolute atomic E-state index is 0.160. The number of para-hydroxylation sites is 1. The number of pyridine rings is 1. The molecule has 2 aromatic carbocycles. The van der Waals surface area contributed by atoms with Gasteiger partial charge in [0, 0.05) is 35.3 Å². The molecule has 0 saturated carbocycles. The number of aromatic carboxylic acids is 1. The Morgan fingerprint density at radius 2 is 1.86 bits per heavy atom. The van der Waals surface area contributed by atoms with Gasteiger partial charge in [0.15, 0.2) is 0 Å². The average molecular weight is 491 g/mol. The maximum Gasteiger partial charge on any atom is 0.337 e. The first-order valence-electron chi connectivity index (χ1n) is 11.5. The van der Waals surface area contributed by atoms with Crippen LogP contribution in [0.25, 0.3) is 22.6 Å². The van der Waals surface area contributed by atoms with Crippen molar-refractivity contribution in [2.24, 2.45) is 0 Å². The normalized spacial score (nSPS) is 11.7. The maximum atomic E-state index is 13.1. The molecular formula is C28H22N6O3. The lowest BCUT2D eigenvalue weighted by Crippen LogP contribution is -2.19. The van der Waals surface area contributed by atoms with Gasteiger partial charge in [-0.05, 0) is 61.9 Å². The van der Waals surface area contributed by atoms with Crippen molar-refractivity contribution in [1.82, 2.24) is 19.2 Å². The second-order valence-electron chi connectivity index (χ2n) is 8.70. The van der Waals surface area contributed by atoms with Crippen molar-refractivity contribution < 1.29 is 9.90 Å². The predicted molar refractivity (Wildman–Crippen MR) is 139 cm³/mol. The quantitative estimate of drug-likeness (QED) is 0.356. The second kappa shape index (κ2) is 9.43. The van der Waals surface area contributed by atoms with Crippen LogP contribution in [0.3, 0.4) is 0 Å². The zero-order chi connectivity index (χ0) is 26.1. The highest BCUT2D eigenvalue weighted by atomic mass is 16.4. The number of nitrogens with zero attached hydrogens (tertiary/aromatic N) is 5. The third kappa shape index (κ3) is 4.56. The zero-order valence-corrected chi connectivity index (χ0v) is 20.1. The summed E-state index contributed by atoms with van der Waals surface area (Å²) in [7, 11) is 0. The first-order chi connectivity index (χ1) is 17.8. The van der Waals surface area contributed by atoms with Gasteiger partial charge in [-0.25, -0.2) is 14.5 Å². The minimum atomic E-state index is -1.03. The molecule has 5 rings (SSSR count). The predicted octanol–water partition coefficient (Wildman–Crippen LogP) is 4.60. The standard InChI is InChI=1S/C28H22N6O3/c1-17-11-23(18(2)31-24-6-4-3-5-22(24)28(36)37)27-32-25(12-26(35)33(27)15-17)20-14-30-34(16-20)21-9-7-19(13-29)8-10-21/h3-12,14-16,18,31H,1-2H3,(H,36,37)/t18-/m1/s1. The molecule has 1 atom stereocenters. The highest BCUT2D eigenvalue weighted by Gasteiger charge is 2.18. The molecule has 0 bridgehead atoms. The van der Waals surface area contributed by atoms with E-state index < -0.39 is 5.97 Å². The van der Waals surface area contributed by atoms with Gasteiger partial charge in [-0.3, -0.25) is 9.20 Å². The second-order valence-corrected chi connectivity index (χ2v) is 8.70. The molecule has 0 fully saturated rings. The zero-order valence-electron chi connectivity index (χ0n) is 20.1. The van der Waals surface area contributed by atoms with Gasteiger partial charge in [0.05, 0.1) is 40.8 Å². The van der Waals surface area contributed by atoms with Crippen LogP contribution in [0.15, 0.2) is 84.0 Å². The van der Waals surface area contributed by atoms with Gasteiger partial charge in [-0.1, -0.05) is 12.1 Å². The Kier molecular flexibility index (Phi) is 5.99. The SMILES string of the molecule is Cc1cc([C@@H](C)Nc2ccccc2C(=O)O)c2nc(-c3cnn(-c4ccc(C#N)cc4)c3)cc(=O)n2c1. The summed E-state index contributed by atoms with van der Waals surface area (Å²) in [5, 5.41) is 26.2. The van der Waals surface area contributed by atoms with Crippen LogP contribution in [0.4, 0.5) is 5.69 Å². The molecule has 0 spiro atoms. The number of rotatable bonds is 6.